The zero-order chi connectivity index (χ0) is 31.3. The number of allylic oxidation sites excluding steroid dienone is 8. The van der Waals surface area contributed by atoms with Gasteiger partial charge in [0, 0.05) is 17.5 Å². The Kier molecular flexibility index (Phi) is 37.5. The quantitative estimate of drug-likeness (QED) is 0.0394. The molecule has 0 spiro atoms. The molecule has 0 saturated carbocycles. The van der Waals surface area contributed by atoms with Gasteiger partial charge in [-0.3, -0.25) is 0 Å². The Balaban J connectivity index is 3.84. The molecule has 0 amide bonds. The molecule has 0 rings (SSSR count). The van der Waals surface area contributed by atoms with E-state index in [-0.39, 0.29) is 0 Å². The fourth-order valence-electron chi connectivity index (χ4n) is 5.13. The first-order chi connectivity index (χ1) is 21.2. The molecule has 252 valence electrons. The van der Waals surface area contributed by atoms with Gasteiger partial charge in [-0.25, -0.2) is 0 Å². The Morgan fingerprint density at radius 1 is 0.465 bits per heavy atom. The van der Waals surface area contributed by atoms with Crippen LogP contribution in [0.1, 0.15) is 174 Å². The molecule has 0 saturated heterocycles. The second-order valence-electron chi connectivity index (χ2n) is 12.7. The normalized spacial score (nSPS) is 13.2. The van der Waals surface area contributed by atoms with Gasteiger partial charge in [-0.15, -0.1) is 0 Å². The van der Waals surface area contributed by atoms with Gasteiger partial charge in [0.05, 0.1) is 0 Å². The lowest BCUT2D eigenvalue weighted by Crippen LogP contribution is -2.14. The fraction of sp³-hybridized carbons (Fsp3) is 0.800. The fourth-order valence-corrected chi connectivity index (χ4v) is 8.06. The van der Waals surface area contributed by atoms with E-state index in [0.717, 1.165) is 18.1 Å². The molecule has 0 aromatic heterocycles. The van der Waals surface area contributed by atoms with Crippen LogP contribution in [0.15, 0.2) is 48.6 Å². The molecule has 0 N–H and O–H groups in total. The molecule has 0 radical (unpaired) electrons. The van der Waals surface area contributed by atoms with E-state index in [9.17, 15) is 0 Å². The van der Waals surface area contributed by atoms with Crippen molar-refractivity contribution in [3.63, 3.8) is 0 Å². The van der Waals surface area contributed by atoms with Crippen LogP contribution in [0, 0.1) is 0 Å². The topological polar surface area (TPSA) is 3.24 Å². The molecule has 0 bridgehead atoms. The minimum Gasteiger partial charge on any atom is -0.309 e. The van der Waals surface area contributed by atoms with E-state index < -0.39 is 0 Å². The number of rotatable bonds is 34. The van der Waals surface area contributed by atoms with Gasteiger partial charge in [0.25, 0.3) is 0 Å². The highest BCUT2D eigenvalue weighted by atomic mass is 33.1. The van der Waals surface area contributed by atoms with Crippen LogP contribution in [0.25, 0.3) is 0 Å². The van der Waals surface area contributed by atoms with Gasteiger partial charge >= 0.3 is 0 Å². The predicted octanol–water partition coefficient (Wildman–Crippen LogP) is 14.3. The summed E-state index contributed by atoms with van der Waals surface area (Å²) in [6.45, 7) is 5.73. The first-order valence-electron chi connectivity index (χ1n) is 18.7. The minimum atomic E-state index is 0.860. The maximum Gasteiger partial charge on any atom is 0.0165 e. The van der Waals surface area contributed by atoms with Crippen LogP contribution in [0.3, 0.4) is 0 Å². The van der Waals surface area contributed by atoms with Crippen LogP contribution in [0.2, 0.25) is 0 Å². The summed E-state index contributed by atoms with van der Waals surface area (Å²) in [5, 5.41) is 0.860. The SMILES string of the molecule is CCCC/C=C\C/C=C\CCCCCCCCC(CCCCCCCC/C=C\C/C=C\CCCCC)SSCCN(C)C. The summed E-state index contributed by atoms with van der Waals surface area (Å²) in [5.74, 6) is 1.25. The van der Waals surface area contributed by atoms with Crippen LogP contribution < -0.4 is 0 Å². The van der Waals surface area contributed by atoms with Crippen molar-refractivity contribution in [1.29, 1.82) is 0 Å². The zero-order valence-electron chi connectivity index (χ0n) is 29.6. The molecule has 0 aromatic carbocycles. The molecular formula is C40H75NS2. The highest BCUT2D eigenvalue weighted by Gasteiger charge is 2.10. The third kappa shape index (κ3) is 37.7. The van der Waals surface area contributed by atoms with E-state index in [1.54, 1.807) is 0 Å². The van der Waals surface area contributed by atoms with Crippen molar-refractivity contribution in [2.24, 2.45) is 0 Å². The molecule has 0 aliphatic rings. The van der Waals surface area contributed by atoms with Crippen LogP contribution >= 0.6 is 21.6 Å². The van der Waals surface area contributed by atoms with Gasteiger partial charge < -0.3 is 4.90 Å². The van der Waals surface area contributed by atoms with Gasteiger partial charge in [0.1, 0.15) is 0 Å². The van der Waals surface area contributed by atoms with Crippen molar-refractivity contribution in [2.45, 2.75) is 180 Å². The molecule has 3 heteroatoms. The Bertz CT molecular complexity index is 636. The van der Waals surface area contributed by atoms with Crippen molar-refractivity contribution in [3.8, 4) is 0 Å². The second-order valence-corrected chi connectivity index (χ2v) is 15.5. The Hall–Kier alpha value is -0.380. The van der Waals surface area contributed by atoms with Crippen molar-refractivity contribution in [3.05, 3.63) is 48.6 Å². The van der Waals surface area contributed by atoms with E-state index in [2.05, 4.69) is 103 Å². The standard InChI is InChI=1S/C40H75NS2/c1-5-7-9-11-13-15-17-19-21-23-25-27-29-31-33-35-37-40(43-42-39-38-41(3)4)36-34-32-30-28-26-24-22-20-18-16-14-12-10-8-6-2/h12-15,18-21,40H,5-11,16-17,22-39H2,1-4H3/b14-12-,15-13-,20-18-,21-19-. The van der Waals surface area contributed by atoms with Crippen molar-refractivity contribution in [1.82, 2.24) is 4.90 Å². The maximum absolute atomic E-state index is 2.40. The largest absolute Gasteiger partial charge is 0.309 e. The summed E-state index contributed by atoms with van der Waals surface area (Å²) in [4.78, 5) is 2.31. The Morgan fingerprint density at radius 3 is 1.30 bits per heavy atom. The van der Waals surface area contributed by atoms with Gasteiger partial charge in [-0.1, -0.05) is 174 Å². The molecule has 1 atom stereocenters. The highest BCUT2D eigenvalue weighted by molar-refractivity contribution is 8.76. The van der Waals surface area contributed by atoms with Crippen LogP contribution in [-0.4, -0.2) is 36.5 Å². The average molecular weight is 634 g/mol. The van der Waals surface area contributed by atoms with Gasteiger partial charge in [-0.05, 0) is 84.7 Å². The summed E-state index contributed by atoms with van der Waals surface area (Å²) in [7, 11) is 8.70. The number of nitrogens with zero attached hydrogens (tertiary/aromatic N) is 1. The highest BCUT2D eigenvalue weighted by Crippen LogP contribution is 2.33. The van der Waals surface area contributed by atoms with E-state index >= 15 is 0 Å². The number of hydrogen-bond acceptors (Lipinski definition) is 3. The van der Waals surface area contributed by atoms with E-state index in [0.29, 0.717) is 0 Å². The first kappa shape index (κ1) is 42.6. The van der Waals surface area contributed by atoms with E-state index in [1.165, 1.54) is 160 Å². The third-order valence-electron chi connectivity index (χ3n) is 8.03. The summed E-state index contributed by atoms with van der Waals surface area (Å²) >= 11 is 0. The Labute approximate surface area is 280 Å². The van der Waals surface area contributed by atoms with Gasteiger partial charge in [0.15, 0.2) is 0 Å². The molecule has 1 nitrogen and oxygen atoms in total. The van der Waals surface area contributed by atoms with Crippen LogP contribution in [0.5, 0.6) is 0 Å². The monoisotopic (exact) mass is 634 g/mol. The molecule has 0 heterocycles. The number of unbranched alkanes of at least 4 members (excludes halogenated alkanes) is 17. The lowest BCUT2D eigenvalue weighted by molar-refractivity contribution is 0.438. The summed E-state index contributed by atoms with van der Waals surface area (Å²) < 4.78 is 0. The lowest BCUT2D eigenvalue weighted by atomic mass is 10.0. The summed E-state index contributed by atoms with van der Waals surface area (Å²) in [6, 6.07) is 0. The molecule has 1 unspecified atom stereocenters. The average Bonchev–Trinajstić information content (AvgIpc) is 3.00. The first-order valence-corrected chi connectivity index (χ1v) is 21.1. The predicted molar refractivity (Wildman–Crippen MR) is 206 cm³/mol. The molecule has 0 aliphatic carbocycles. The molecule has 0 aliphatic heterocycles. The Morgan fingerprint density at radius 2 is 0.860 bits per heavy atom. The minimum absolute atomic E-state index is 0.860. The third-order valence-corrected chi connectivity index (χ3v) is 11.0. The lowest BCUT2D eigenvalue weighted by Gasteiger charge is -2.17. The molecule has 0 aromatic rings. The number of hydrogen-bond donors (Lipinski definition) is 0. The zero-order valence-corrected chi connectivity index (χ0v) is 31.2. The van der Waals surface area contributed by atoms with Crippen molar-refractivity contribution < 1.29 is 0 Å². The summed E-state index contributed by atoms with van der Waals surface area (Å²) in [5.41, 5.74) is 0. The van der Waals surface area contributed by atoms with Crippen molar-refractivity contribution >= 4 is 21.6 Å². The van der Waals surface area contributed by atoms with E-state index in [1.807, 2.05) is 0 Å². The molecular weight excluding hydrogens is 559 g/mol. The van der Waals surface area contributed by atoms with Gasteiger partial charge in [0.2, 0.25) is 0 Å². The summed E-state index contributed by atoms with van der Waals surface area (Å²) in [6.07, 6.45) is 52.6. The smallest absolute Gasteiger partial charge is 0.0165 e. The molecule has 0 fully saturated rings. The maximum atomic E-state index is 2.40. The van der Waals surface area contributed by atoms with E-state index in [4.69, 9.17) is 0 Å². The van der Waals surface area contributed by atoms with Crippen LogP contribution in [0.4, 0.5) is 0 Å². The van der Waals surface area contributed by atoms with Crippen molar-refractivity contribution in [2.75, 3.05) is 26.4 Å². The second kappa shape index (κ2) is 37.8. The van der Waals surface area contributed by atoms with Crippen LogP contribution in [-0.2, 0) is 0 Å². The van der Waals surface area contributed by atoms with Gasteiger partial charge in [-0.2, -0.15) is 0 Å². The molecule has 43 heavy (non-hydrogen) atoms.